The van der Waals surface area contributed by atoms with Crippen molar-refractivity contribution >= 4 is 23.6 Å². The Morgan fingerprint density at radius 1 is 0.385 bits per heavy atom. The zero-order valence-corrected chi connectivity index (χ0v) is 22.0. The Morgan fingerprint density at radius 3 is 0.744 bits per heavy atom. The SMILES string of the molecule is O=C1C=CC(=O)[N-]1.O=C1C=CC(=O)[N-]1.[Ru+4].c1ccc(-c2ccccn2)nc1.c1ccc(-c2ccccn2)nc1. The molecule has 0 fully saturated rings. The maximum atomic E-state index is 9.98. The van der Waals surface area contributed by atoms with E-state index in [1.807, 2.05) is 72.8 Å². The zero-order chi connectivity index (χ0) is 27.0. The predicted molar refractivity (Wildman–Crippen MR) is 140 cm³/mol. The van der Waals surface area contributed by atoms with Gasteiger partial charge in [-0.1, -0.05) is 24.3 Å². The van der Waals surface area contributed by atoms with Crippen molar-refractivity contribution in [2.45, 2.75) is 0 Å². The van der Waals surface area contributed by atoms with Gasteiger partial charge < -0.3 is 29.8 Å². The summed E-state index contributed by atoms with van der Waals surface area (Å²) in [6.07, 6.45) is 11.6. The van der Waals surface area contributed by atoms with E-state index in [9.17, 15) is 19.2 Å². The van der Waals surface area contributed by atoms with Crippen LogP contribution < -0.4 is 0 Å². The van der Waals surface area contributed by atoms with E-state index in [2.05, 4.69) is 30.6 Å². The molecule has 11 heteroatoms. The summed E-state index contributed by atoms with van der Waals surface area (Å²) < 4.78 is 0. The molecule has 6 heterocycles. The minimum Gasteiger partial charge on any atom is -0.589 e. The number of carbonyl (C=O) groups excluding carboxylic acids is 4. The molecule has 192 valence electrons. The topological polar surface area (TPSA) is 148 Å². The van der Waals surface area contributed by atoms with Gasteiger partial charge in [0.25, 0.3) is 0 Å². The van der Waals surface area contributed by atoms with Crippen molar-refractivity contribution in [2.75, 3.05) is 0 Å². The van der Waals surface area contributed by atoms with Crippen molar-refractivity contribution in [1.82, 2.24) is 19.9 Å². The molecule has 0 unspecified atom stereocenters. The fourth-order valence-corrected chi connectivity index (χ4v) is 2.71. The second kappa shape index (κ2) is 16.7. The first-order valence-corrected chi connectivity index (χ1v) is 11.1. The second-order valence-corrected chi connectivity index (χ2v) is 7.10. The number of carbonyl (C=O) groups is 4. The molecule has 4 amide bonds. The van der Waals surface area contributed by atoms with Crippen LogP contribution in [0.15, 0.2) is 122 Å². The Hall–Kier alpha value is -5.02. The van der Waals surface area contributed by atoms with Gasteiger partial charge in [-0.2, -0.15) is 0 Å². The molecule has 0 radical (unpaired) electrons. The predicted octanol–water partition coefficient (Wildman–Crippen LogP) is 4.25. The molecule has 0 saturated heterocycles. The van der Waals surface area contributed by atoms with Gasteiger partial charge in [-0.25, -0.2) is 0 Å². The van der Waals surface area contributed by atoms with E-state index in [0.29, 0.717) is 0 Å². The average Bonchev–Trinajstić information content (AvgIpc) is 3.56. The number of rotatable bonds is 2. The first-order valence-electron chi connectivity index (χ1n) is 11.1. The summed E-state index contributed by atoms with van der Waals surface area (Å²) in [5.41, 5.74) is 3.66. The van der Waals surface area contributed by atoms with E-state index in [0.717, 1.165) is 47.1 Å². The van der Waals surface area contributed by atoms with Crippen molar-refractivity contribution in [2.24, 2.45) is 0 Å². The molecule has 6 rings (SSSR count). The standard InChI is InChI=1S/2C10H8N2.2C4H3NO2.Ru/c2*1-3-7-11-9(5-1)10-6-2-4-8-12-10;2*6-3-1-2-4(7)5-3;/h2*1-8H;2*1-2H,(H,5,6,7);/q;;;;+4/p-2. The van der Waals surface area contributed by atoms with Crippen LogP contribution in [0.5, 0.6) is 0 Å². The number of amides is 4. The van der Waals surface area contributed by atoms with Crippen molar-refractivity contribution in [1.29, 1.82) is 0 Å². The van der Waals surface area contributed by atoms with E-state index in [4.69, 9.17) is 0 Å². The molecule has 0 aromatic carbocycles. The van der Waals surface area contributed by atoms with Crippen molar-refractivity contribution in [3.63, 3.8) is 0 Å². The van der Waals surface area contributed by atoms with Crippen LogP contribution in [-0.2, 0) is 38.7 Å². The van der Waals surface area contributed by atoms with Crippen molar-refractivity contribution < 1.29 is 38.7 Å². The molecule has 0 N–H and O–H groups in total. The van der Waals surface area contributed by atoms with Crippen LogP contribution in [0, 0.1) is 0 Å². The van der Waals surface area contributed by atoms with Gasteiger partial charge in [0.2, 0.25) is 0 Å². The Balaban J connectivity index is 0.000000187. The quantitative estimate of drug-likeness (QED) is 0.243. The molecule has 2 aliphatic heterocycles. The number of nitrogens with zero attached hydrogens (tertiary/aromatic N) is 6. The molecule has 2 aliphatic rings. The molecule has 0 spiro atoms. The number of pyridine rings is 4. The molecule has 4 aromatic rings. The third-order valence-corrected chi connectivity index (χ3v) is 4.36. The van der Waals surface area contributed by atoms with Crippen LogP contribution in [-0.4, -0.2) is 43.6 Å². The molecule has 10 nitrogen and oxygen atoms in total. The Bertz CT molecular complexity index is 1200. The van der Waals surface area contributed by atoms with Gasteiger partial charge in [-0.3, -0.25) is 19.9 Å². The molecule has 39 heavy (non-hydrogen) atoms. The monoisotopic (exact) mass is 606 g/mol. The van der Waals surface area contributed by atoms with Crippen LogP contribution in [0.3, 0.4) is 0 Å². The molecule has 0 bridgehead atoms. The van der Waals surface area contributed by atoms with Gasteiger partial charge in [0.1, 0.15) is 0 Å². The first-order chi connectivity index (χ1) is 18.5. The maximum Gasteiger partial charge on any atom is 4.00 e. The van der Waals surface area contributed by atoms with Gasteiger partial charge >= 0.3 is 19.5 Å². The second-order valence-electron chi connectivity index (χ2n) is 7.10. The zero-order valence-electron chi connectivity index (χ0n) is 20.2. The molecular weight excluding hydrogens is 585 g/mol. The van der Waals surface area contributed by atoms with Crippen LogP contribution in [0.4, 0.5) is 0 Å². The summed E-state index contributed by atoms with van der Waals surface area (Å²) in [6.45, 7) is 0. The van der Waals surface area contributed by atoms with E-state index in [1.54, 1.807) is 24.8 Å². The van der Waals surface area contributed by atoms with Crippen LogP contribution >= 0.6 is 0 Å². The fraction of sp³-hybridized carbons (Fsp3) is 0. The number of hydrogen-bond acceptors (Lipinski definition) is 8. The van der Waals surface area contributed by atoms with E-state index in [1.165, 1.54) is 0 Å². The normalized spacial score (nSPS) is 12.3. The third kappa shape index (κ3) is 11.3. The first kappa shape index (κ1) is 30.2. The smallest absolute Gasteiger partial charge is 0.589 e. The minimum absolute atomic E-state index is 0. The van der Waals surface area contributed by atoms with E-state index in [-0.39, 0.29) is 19.5 Å². The molecule has 4 aromatic heterocycles. The summed E-state index contributed by atoms with van der Waals surface area (Å²) >= 11 is 0. The van der Waals surface area contributed by atoms with Gasteiger partial charge in [0.05, 0.1) is 46.4 Å². The van der Waals surface area contributed by atoms with Gasteiger partial charge in [-0.15, -0.1) is 0 Å². The summed E-state index contributed by atoms with van der Waals surface area (Å²) in [7, 11) is 0. The van der Waals surface area contributed by atoms with Gasteiger partial charge in [-0.05, 0) is 72.8 Å². The maximum absolute atomic E-state index is 9.98. The van der Waals surface area contributed by atoms with Crippen LogP contribution in [0.1, 0.15) is 0 Å². The summed E-state index contributed by atoms with van der Waals surface area (Å²) in [4.78, 5) is 56.7. The number of hydrogen-bond donors (Lipinski definition) is 0. The Morgan fingerprint density at radius 2 is 0.615 bits per heavy atom. The number of aromatic nitrogens is 4. The molecule has 0 saturated carbocycles. The molecular formula is C28H20N6O4Ru+2. The molecule has 0 aliphatic carbocycles. The van der Waals surface area contributed by atoms with Crippen LogP contribution in [0.2, 0.25) is 0 Å². The summed E-state index contributed by atoms with van der Waals surface area (Å²) in [6, 6.07) is 23.2. The van der Waals surface area contributed by atoms with Gasteiger partial charge in [0.15, 0.2) is 0 Å². The van der Waals surface area contributed by atoms with Crippen molar-refractivity contribution in [3.05, 3.63) is 133 Å². The third-order valence-electron chi connectivity index (χ3n) is 4.36. The Kier molecular flexibility index (Phi) is 12.9. The molecule has 0 atom stereocenters. The van der Waals surface area contributed by atoms with Gasteiger partial charge in [0, 0.05) is 24.8 Å². The average molecular weight is 606 g/mol. The van der Waals surface area contributed by atoms with E-state index < -0.39 is 23.6 Å². The van der Waals surface area contributed by atoms with Crippen molar-refractivity contribution in [3.8, 4) is 22.8 Å². The Labute approximate surface area is 237 Å². The summed E-state index contributed by atoms with van der Waals surface area (Å²) in [5.74, 6) is -1.81. The number of imide groups is 2. The summed E-state index contributed by atoms with van der Waals surface area (Å²) in [5, 5.41) is 6.00. The largest absolute Gasteiger partial charge is 4.00 e. The van der Waals surface area contributed by atoms with Crippen LogP contribution in [0.25, 0.3) is 33.4 Å². The minimum atomic E-state index is -0.454. The van der Waals surface area contributed by atoms with E-state index >= 15 is 0 Å². The fourth-order valence-electron chi connectivity index (χ4n) is 2.71.